The molecule has 1 aromatic carbocycles. The van der Waals surface area contributed by atoms with Gasteiger partial charge in [-0.3, -0.25) is 0 Å². The third-order valence-electron chi connectivity index (χ3n) is 2.72. The van der Waals surface area contributed by atoms with Crippen LogP contribution in [0.3, 0.4) is 0 Å². The summed E-state index contributed by atoms with van der Waals surface area (Å²) in [5.74, 6) is 0.599. The van der Waals surface area contributed by atoms with Gasteiger partial charge in [0.2, 0.25) is 0 Å². The lowest BCUT2D eigenvalue weighted by Crippen LogP contribution is -2.19. The molecule has 19 heavy (non-hydrogen) atoms. The van der Waals surface area contributed by atoms with Gasteiger partial charge in [0.15, 0.2) is 0 Å². The SMILES string of the molecule is CCCNCc1cc(Cl)cc(Cl)c1OCC(O)CC. The van der Waals surface area contributed by atoms with E-state index in [0.717, 1.165) is 18.5 Å². The molecule has 108 valence electrons. The molecular formula is C14H21Cl2NO2. The highest BCUT2D eigenvalue weighted by Gasteiger charge is 2.12. The number of halogens is 2. The fourth-order valence-electron chi connectivity index (χ4n) is 1.60. The minimum atomic E-state index is -0.483. The second-order valence-electron chi connectivity index (χ2n) is 4.43. The maximum Gasteiger partial charge on any atom is 0.142 e. The van der Waals surface area contributed by atoms with Gasteiger partial charge in [0.25, 0.3) is 0 Å². The summed E-state index contributed by atoms with van der Waals surface area (Å²) in [5.41, 5.74) is 0.911. The van der Waals surface area contributed by atoms with E-state index in [1.54, 1.807) is 6.07 Å². The van der Waals surface area contributed by atoms with Gasteiger partial charge in [0, 0.05) is 17.1 Å². The second kappa shape index (κ2) is 8.64. The van der Waals surface area contributed by atoms with Crippen molar-refractivity contribution in [2.75, 3.05) is 13.2 Å². The number of aliphatic hydroxyl groups is 1. The zero-order valence-corrected chi connectivity index (χ0v) is 12.9. The summed E-state index contributed by atoms with van der Waals surface area (Å²) >= 11 is 12.2. The summed E-state index contributed by atoms with van der Waals surface area (Å²) < 4.78 is 5.63. The van der Waals surface area contributed by atoms with Gasteiger partial charge < -0.3 is 15.2 Å². The first kappa shape index (κ1) is 16.6. The summed E-state index contributed by atoms with van der Waals surface area (Å²) in [6.07, 6.45) is 1.22. The molecule has 0 bridgehead atoms. The number of nitrogens with one attached hydrogen (secondary N) is 1. The molecule has 2 N–H and O–H groups in total. The van der Waals surface area contributed by atoms with Gasteiger partial charge in [0.05, 0.1) is 11.1 Å². The van der Waals surface area contributed by atoms with E-state index in [9.17, 15) is 5.11 Å². The van der Waals surface area contributed by atoms with Crippen LogP contribution in [0.15, 0.2) is 12.1 Å². The second-order valence-corrected chi connectivity index (χ2v) is 5.27. The van der Waals surface area contributed by atoms with Crippen molar-refractivity contribution in [1.82, 2.24) is 5.32 Å². The molecule has 1 aromatic rings. The Kier molecular flexibility index (Phi) is 7.54. The molecule has 0 aromatic heterocycles. The molecule has 5 heteroatoms. The number of ether oxygens (including phenoxy) is 1. The molecule has 0 saturated heterocycles. The standard InChI is InChI=1S/C14H21Cl2NO2/c1-3-5-17-8-10-6-11(15)7-13(16)14(10)19-9-12(18)4-2/h6-7,12,17-18H,3-5,8-9H2,1-2H3. The van der Waals surface area contributed by atoms with Crippen molar-refractivity contribution < 1.29 is 9.84 Å². The van der Waals surface area contributed by atoms with E-state index in [-0.39, 0.29) is 6.61 Å². The van der Waals surface area contributed by atoms with Gasteiger partial charge in [-0.05, 0) is 31.5 Å². The van der Waals surface area contributed by atoms with Crippen molar-refractivity contribution in [3.63, 3.8) is 0 Å². The highest BCUT2D eigenvalue weighted by molar-refractivity contribution is 6.35. The highest BCUT2D eigenvalue weighted by atomic mass is 35.5. The molecule has 0 aliphatic heterocycles. The van der Waals surface area contributed by atoms with Crippen LogP contribution in [0.5, 0.6) is 5.75 Å². The average Bonchev–Trinajstić information content (AvgIpc) is 2.37. The van der Waals surface area contributed by atoms with Crippen molar-refractivity contribution in [3.05, 3.63) is 27.7 Å². The lowest BCUT2D eigenvalue weighted by molar-refractivity contribution is 0.104. The molecule has 0 aliphatic carbocycles. The number of rotatable bonds is 8. The Bertz CT molecular complexity index is 399. The summed E-state index contributed by atoms with van der Waals surface area (Å²) in [6.45, 7) is 5.81. The van der Waals surface area contributed by atoms with E-state index in [2.05, 4.69) is 12.2 Å². The predicted octanol–water partition coefficient (Wildman–Crippen LogP) is 3.64. The smallest absolute Gasteiger partial charge is 0.142 e. The lowest BCUT2D eigenvalue weighted by Gasteiger charge is -2.16. The fraction of sp³-hybridized carbons (Fsp3) is 0.571. The predicted molar refractivity (Wildman–Crippen MR) is 80.3 cm³/mol. The molecule has 0 fully saturated rings. The molecule has 0 radical (unpaired) electrons. The largest absolute Gasteiger partial charge is 0.489 e. The van der Waals surface area contributed by atoms with Crippen LogP contribution in [0.1, 0.15) is 32.3 Å². The Labute approximate surface area is 124 Å². The maximum atomic E-state index is 9.56. The van der Waals surface area contributed by atoms with Crippen LogP contribution in [0.2, 0.25) is 10.0 Å². The molecule has 1 rings (SSSR count). The first-order valence-electron chi connectivity index (χ1n) is 6.58. The fourth-order valence-corrected chi connectivity index (χ4v) is 2.19. The number of aliphatic hydroxyl groups excluding tert-OH is 1. The molecule has 0 saturated carbocycles. The molecule has 1 atom stereocenters. The lowest BCUT2D eigenvalue weighted by atomic mass is 10.2. The summed E-state index contributed by atoms with van der Waals surface area (Å²) in [7, 11) is 0. The van der Waals surface area contributed by atoms with E-state index >= 15 is 0 Å². The maximum absolute atomic E-state index is 9.56. The van der Waals surface area contributed by atoms with Crippen LogP contribution in [-0.4, -0.2) is 24.4 Å². The minimum absolute atomic E-state index is 0.235. The summed E-state index contributed by atoms with van der Waals surface area (Å²) in [5, 5.41) is 13.9. The molecule has 0 spiro atoms. The minimum Gasteiger partial charge on any atom is -0.489 e. The zero-order chi connectivity index (χ0) is 14.3. The van der Waals surface area contributed by atoms with Crippen LogP contribution < -0.4 is 10.1 Å². The van der Waals surface area contributed by atoms with Crippen LogP contribution in [0.25, 0.3) is 0 Å². The first-order valence-corrected chi connectivity index (χ1v) is 7.33. The number of benzene rings is 1. The van der Waals surface area contributed by atoms with Gasteiger partial charge >= 0.3 is 0 Å². The quantitative estimate of drug-likeness (QED) is 0.720. The monoisotopic (exact) mass is 305 g/mol. The normalized spacial score (nSPS) is 12.5. The summed E-state index contributed by atoms with van der Waals surface area (Å²) in [4.78, 5) is 0. The summed E-state index contributed by atoms with van der Waals surface area (Å²) in [6, 6.07) is 3.49. The molecule has 1 unspecified atom stereocenters. The van der Waals surface area contributed by atoms with Crippen molar-refractivity contribution in [1.29, 1.82) is 0 Å². The van der Waals surface area contributed by atoms with Crippen LogP contribution in [0.4, 0.5) is 0 Å². The van der Waals surface area contributed by atoms with Crippen molar-refractivity contribution in [2.45, 2.75) is 39.3 Å². The van der Waals surface area contributed by atoms with Gasteiger partial charge in [0.1, 0.15) is 12.4 Å². The van der Waals surface area contributed by atoms with Crippen molar-refractivity contribution in [2.24, 2.45) is 0 Å². The molecular weight excluding hydrogens is 285 g/mol. The molecule has 0 heterocycles. The molecule has 0 aliphatic rings. The topological polar surface area (TPSA) is 41.5 Å². The molecule has 0 amide bonds. The van der Waals surface area contributed by atoms with Crippen LogP contribution in [0, 0.1) is 0 Å². The van der Waals surface area contributed by atoms with E-state index < -0.39 is 6.10 Å². The van der Waals surface area contributed by atoms with Crippen LogP contribution in [-0.2, 0) is 6.54 Å². The van der Waals surface area contributed by atoms with Gasteiger partial charge in [-0.15, -0.1) is 0 Å². The average molecular weight is 306 g/mol. The Morgan fingerprint density at radius 3 is 2.68 bits per heavy atom. The Balaban J connectivity index is 2.80. The van der Waals surface area contributed by atoms with E-state index in [1.165, 1.54) is 0 Å². The van der Waals surface area contributed by atoms with E-state index in [1.807, 2.05) is 13.0 Å². The molecule has 3 nitrogen and oxygen atoms in total. The third-order valence-corrected chi connectivity index (χ3v) is 3.22. The van der Waals surface area contributed by atoms with Gasteiger partial charge in [-0.1, -0.05) is 37.0 Å². The van der Waals surface area contributed by atoms with Gasteiger partial charge in [-0.2, -0.15) is 0 Å². The number of hydrogen-bond acceptors (Lipinski definition) is 3. The van der Waals surface area contributed by atoms with Crippen molar-refractivity contribution in [3.8, 4) is 5.75 Å². The van der Waals surface area contributed by atoms with Crippen molar-refractivity contribution >= 4 is 23.2 Å². The van der Waals surface area contributed by atoms with E-state index in [4.69, 9.17) is 27.9 Å². The first-order chi connectivity index (χ1) is 9.08. The van der Waals surface area contributed by atoms with Gasteiger partial charge in [-0.25, -0.2) is 0 Å². The third kappa shape index (κ3) is 5.57. The van der Waals surface area contributed by atoms with E-state index in [0.29, 0.717) is 28.8 Å². The zero-order valence-electron chi connectivity index (χ0n) is 11.4. The number of hydrogen-bond donors (Lipinski definition) is 2. The van der Waals surface area contributed by atoms with Crippen LogP contribution >= 0.6 is 23.2 Å². The Hall–Kier alpha value is -0.480. The Morgan fingerprint density at radius 1 is 1.32 bits per heavy atom. The highest BCUT2D eigenvalue weighted by Crippen LogP contribution is 2.32. The Morgan fingerprint density at radius 2 is 2.05 bits per heavy atom.